The normalized spacial score (nSPS) is 7.57. The van der Waals surface area contributed by atoms with Gasteiger partial charge in [-0.2, -0.15) is 0 Å². The van der Waals surface area contributed by atoms with Gasteiger partial charge in [0, 0.05) is 6.92 Å². The third kappa shape index (κ3) is 5.21. The Hall–Kier alpha value is -0.790. The number of esters is 1. The van der Waals surface area contributed by atoms with E-state index >= 15 is 0 Å². The minimum atomic E-state index is -0.295. The zero-order valence-corrected chi connectivity index (χ0v) is 4.23. The number of carbonyl (C=O) groups is 1. The zero-order chi connectivity index (χ0) is 5.70. The number of rotatable bonds is 2. The van der Waals surface area contributed by atoms with E-state index in [-0.39, 0.29) is 12.6 Å². The van der Waals surface area contributed by atoms with Crippen molar-refractivity contribution in [2.75, 3.05) is 6.61 Å². The van der Waals surface area contributed by atoms with E-state index in [0.29, 0.717) is 0 Å². The minimum absolute atomic E-state index is 0.190. The summed E-state index contributed by atoms with van der Waals surface area (Å²) in [5.41, 5.74) is 0. The highest BCUT2D eigenvalue weighted by Crippen LogP contribution is 1.72. The summed E-state index contributed by atoms with van der Waals surface area (Å²) in [5, 5.41) is 0. The Balaban J connectivity index is 2.97. The van der Waals surface area contributed by atoms with Gasteiger partial charge < -0.3 is 4.74 Å². The lowest BCUT2D eigenvalue weighted by Gasteiger charge is -1.90. The van der Waals surface area contributed by atoms with E-state index in [1.54, 1.807) is 0 Å². The van der Waals surface area contributed by atoms with Gasteiger partial charge >= 0.3 is 5.97 Å². The Bertz CT molecular complexity index is 76.1. The molecular weight excluding hydrogens is 92.1 g/mol. The fourth-order valence-electron chi connectivity index (χ4n) is 0.153. The quantitative estimate of drug-likeness (QED) is 0.472. The fourth-order valence-corrected chi connectivity index (χ4v) is 0.153. The summed E-state index contributed by atoms with van der Waals surface area (Å²) in [6.45, 7) is 4.76. The summed E-state index contributed by atoms with van der Waals surface area (Å²) in [6, 6.07) is 0. The Labute approximate surface area is 42.8 Å². The number of hydrogen-bond donors (Lipinski definition) is 0. The summed E-state index contributed by atoms with van der Waals surface area (Å²) < 4.78 is 4.38. The van der Waals surface area contributed by atoms with Crippen LogP contribution in [0.25, 0.3) is 0 Å². The molecule has 2 heteroatoms. The van der Waals surface area contributed by atoms with Gasteiger partial charge in [-0.25, -0.2) is 0 Å². The van der Waals surface area contributed by atoms with Crippen LogP contribution >= 0.6 is 0 Å². The highest BCUT2D eigenvalue weighted by molar-refractivity contribution is 5.65. The molecule has 0 rings (SSSR count). The van der Waals surface area contributed by atoms with E-state index in [2.05, 4.69) is 17.4 Å². The van der Waals surface area contributed by atoms with Gasteiger partial charge in [0.2, 0.25) is 0 Å². The molecule has 0 aromatic carbocycles. The van der Waals surface area contributed by atoms with E-state index in [0.717, 1.165) is 0 Å². The summed E-state index contributed by atoms with van der Waals surface area (Å²) in [6.07, 6.45) is 2.41. The molecule has 0 N–H and O–H groups in total. The SMILES string of the molecule is C=[C]COC(C)=O. The summed E-state index contributed by atoms with van der Waals surface area (Å²) in [5.74, 6) is -0.295. The Morgan fingerprint density at radius 2 is 2.57 bits per heavy atom. The smallest absolute Gasteiger partial charge is 0.302 e. The van der Waals surface area contributed by atoms with Crippen LogP contribution in [0.1, 0.15) is 6.92 Å². The lowest BCUT2D eigenvalue weighted by molar-refractivity contribution is -0.139. The molecule has 0 amide bonds. The predicted molar refractivity (Wildman–Crippen MR) is 25.5 cm³/mol. The first-order chi connectivity index (χ1) is 3.27. The van der Waals surface area contributed by atoms with Crippen LogP contribution in [-0.2, 0) is 9.53 Å². The summed E-state index contributed by atoms with van der Waals surface area (Å²) >= 11 is 0. The van der Waals surface area contributed by atoms with Crippen LogP contribution in [0.5, 0.6) is 0 Å². The molecule has 39 valence electrons. The molecule has 0 aromatic rings. The average molecular weight is 99.1 g/mol. The van der Waals surface area contributed by atoms with Crippen molar-refractivity contribution < 1.29 is 9.53 Å². The molecule has 7 heavy (non-hydrogen) atoms. The second kappa shape index (κ2) is 3.40. The highest BCUT2D eigenvalue weighted by Gasteiger charge is 1.83. The minimum Gasteiger partial charge on any atom is -0.461 e. The third-order valence-corrected chi connectivity index (χ3v) is 0.377. The number of carbonyl (C=O) groups excluding carboxylic acids is 1. The van der Waals surface area contributed by atoms with Gasteiger partial charge in [-0.15, -0.1) is 0 Å². The molecule has 0 aliphatic heterocycles. The molecule has 2 nitrogen and oxygen atoms in total. The first-order valence-electron chi connectivity index (χ1n) is 1.90. The van der Waals surface area contributed by atoms with E-state index in [1.165, 1.54) is 6.92 Å². The van der Waals surface area contributed by atoms with Crippen molar-refractivity contribution in [2.45, 2.75) is 6.92 Å². The maximum absolute atomic E-state index is 9.91. The molecule has 0 atom stereocenters. The molecule has 1 radical (unpaired) electrons. The average Bonchev–Trinajstić information content (AvgIpc) is 1.61. The Kier molecular flexibility index (Phi) is 3.02. The van der Waals surface area contributed by atoms with Crippen LogP contribution in [0.3, 0.4) is 0 Å². The summed E-state index contributed by atoms with van der Waals surface area (Å²) in [4.78, 5) is 9.91. The molecule has 0 fully saturated rings. The van der Waals surface area contributed by atoms with E-state index in [9.17, 15) is 4.79 Å². The molecule has 0 aliphatic carbocycles. The van der Waals surface area contributed by atoms with Crippen LogP contribution in [0.4, 0.5) is 0 Å². The lowest BCUT2D eigenvalue weighted by atomic mass is 10.7. The Morgan fingerprint density at radius 3 is 2.71 bits per heavy atom. The maximum Gasteiger partial charge on any atom is 0.302 e. The second-order valence-electron chi connectivity index (χ2n) is 1.03. The van der Waals surface area contributed by atoms with Gasteiger partial charge in [-0.3, -0.25) is 4.79 Å². The van der Waals surface area contributed by atoms with Gasteiger partial charge in [-0.1, -0.05) is 6.58 Å². The van der Waals surface area contributed by atoms with Crippen LogP contribution in [0.15, 0.2) is 6.58 Å². The standard InChI is InChI=1S/C5H7O2/c1-3-4-7-5(2)6/h1,4H2,2H3. The first kappa shape index (κ1) is 6.21. The number of ether oxygens (including phenoxy) is 1. The summed E-state index contributed by atoms with van der Waals surface area (Å²) in [7, 11) is 0. The number of hydrogen-bond acceptors (Lipinski definition) is 2. The molecule has 0 unspecified atom stereocenters. The molecule has 0 aromatic heterocycles. The largest absolute Gasteiger partial charge is 0.461 e. The molecule has 0 aliphatic rings. The van der Waals surface area contributed by atoms with Crippen molar-refractivity contribution in [3.05, 3.63) is 12.7 Å². The third-order valence-electron chi connectivity index (χ3n) is 0.377. The van der Waals surface area contributed by atoms with Crippen molar-refractivity contribution in [3.63, 3.8) is 0 Å². The van der Waals surface area contributed by atoms with Gasteiger partial charge in [0.25, 0.3) is 0 Å². The molecule has 0 heterocycles. The zero-order valence-electron chi connectivity index (χ0n) is 4.23. The van der Waals surface area contributed by atoms with Gasteiger partial charge in [-0.05, 0) is 6.08 Å². The van der Waals surface area contributed by atoms with Gasteiger partial charge in [0.15, 0.2) is 0 Å². The van der Waals surface area contributed by atoms with Crippen molar-refractivity contribution in [2.24, 2.45) is 0 Å². The van der Waals surface area contributed by atoms with Crippen molar-refractivity contribution in [3.8, 4) is 0 Å². The van der Waals surface area contributed by atoms with Crippen LogP contribution in [0, 0.1) is 6.08 Å². The fraction of sp³-hybridized carbons (Fsp3) is 0.400. The molecular formula is C5H7O2. The van der Waals surface area contributed by atoms with E-state index < -0.39 is 0 Å². The first-order valence-corrected chi connectivity index (χ1v) is 1.90. The maximum atomic E-state index is 9.91. The van der Waals surface area contributed by atoms with E-state index in [1.807, 2.05) is 0 Å². The lowest BCUT2D eigenvalue weighted by Crippen LogP contribution is -1.96. The van der Waals surface area contributed by atoms with Crippen molar-refractivity contribution >= 4 is 5.97 Å². The molecule has 0 saturated carbocycles. The van der Waals surface area contributed by atoms with Crippen LogP contribution in [-0.4, -0.2) is 12.6 Å². The Morgan fingerprint density at radius 1 is 2.00 bits per heavy atom. The predicted octanol–water partition coefficient (Wildman–Crippen LogP) is 0.539. The van der Waals surface area contributed by atoms with E-state index in [4.69, 9.17) is 0 Å². The van der Waals surface area contributed by atoms with Crippen LogP contribution in [0.2, 0.25) is 0 Å². The van der Waals surface area contributed by atoms with Crippen molar-refractivity contribution in [1.29, 1.82) is 0 Å². The van der Waals surface area contributed by atoms with Crippen LogP contribution < -0.4 is 0 Å². The van der Waals surface area contributed by atoms with Crippen molar-refractivity contribution in [1.82, 2.24) is 0 Å². The highest BCUT2D eigenvalue weighted by atomic mass is 16.5. The molecule has 0 spiro atoms. The molecule has 0 saturated heterocycles. The van der Waals surface area contributed by atoms with Gasteiger partial charge in [0.1, 0.15) is 6.61 Å². The monoisotopic (exact) mass is 99.0 g/mol. The second-order valence-corrected chi connectivity index (χ2v) is 1.03. The van der Waals surface area contributed by atoms with Gasteiger partial charge in [0.05, 0.1) is 0 Å². The molecule has 0 bridgehead atoms. The topological polar surface area (TPSA) is 26.3 Å².